The Morgan fingerprint density at radius 2 is 2.00 bits per heavy atom. The van der Waals surface area contributed by atoms with Crippen molar-refractivity contribution in [2.24, 2.45) is 5.29 Å². The molecule has 0 radical (unpaired) electrons. The number of hydrogen-bond acceptors (Lipinski definition) is 3. The van der Waals surface area contributed by atoms with E-state index < -0.39 is 6.10 Å². The standard InChI is InChI=1S/C10H22N2O2/c1-3-5-6-8-12(11-14)9-10(13)7-4-2/h10,13H,3-9H2,1-2H3. The molecule has 0 aromatic carbocycles. The van der Waals surface area contributed by atoms with Gasteiger partial charge in [-0.15, -0.1) is 4.91 Å². The van der Waals surface area contributed by atoms with Crippen molar-refractivity contribution in [1.82, 2.24) is 5.01 Å². The van der Waals surface area contributed by atoms with Gasteiger partial charge in [-0.1, -0.05) is 33.1 Å². The van der Waals surface area contributed by atoms with Crippen LogP contribution >= 0.6 is 0 Å². The van der Waals surface area contributed by atoms with E-state index in [1.165, 1.54) is 5.01 Å². The lowest BCUT2D eigenvalue weighted by molar-refractivity contribution is 0.104. The maximum Gasteiger partial charge on any atom is 0.0733 e. The summed E-state index contributed by atoms with van der Waals surface area (Å²) in [5, 5.41) is 13.8. The molecule has 0 saturated carbocycles. The third-order valence-electron chi connectivity index (χ3n) is 2.18. The molecule has 0 heterocycles. The fourth-order valence-electron chi connectivity index (χ4n) is 1.38. The van der Waals surface area contributed by atoms with Gasteiger partial charge in [0.05, 0.1) is 17.9 Å². The van der Waals surface area contributed by atoms with Crippen molar-refractivity contribution in [2.75, 3.05) is 13.1 Å². The summed E-state index contributed by atoms with van der Waals surface area (Å²) in [5.74, 6) is 0. The molecule has 0 aliphatic rings. The van der Waals surface area contributed by atoms with Gasteiger partial charge in [0, 0.05) is 6.54 Å². The molecule has 4 heteroatoms. The Morgan fingerprint density at radius 1 is 1.29 bits per heavy atom. The lowest BCUT2D eigenvalue weighted by Gasteiger charge is -2.18. The second kappa shape index (κ2) is 8.94. The Labute approximate surface area is 86.2 Å². The molecule has 14 heavy (non-hydrogen) atoms. The van der Waals surface area contributed by atoms with Crippen LogP contribution in [0.5, 0.6) is 0 Å². The summed E-state index contributed by atoms with van der Waals surface area (Å²) in [5.41, 5.74) is 0. The van der Waals surface area contributed by atoms with Crippen molar-refractivity contribution in [3.8, 4) is 0 Å². The van der Waals surface area contributed by atoms with Crippen molar-refractivity contribution in [1.29, 1.82) is 0 Å². The van der Waals surface area contributed by atoms with Crippen LogP contribution in [0.3, 0.4) is 0 Å². The lowest BCUT2D eigenvalue weighted by Crippen LogP contribution is -2.28. The second-order valence-corrected chi connectivity index (χ2v) is 3.64. The summed E-state index contributed by atoms with van der Waals surface area (Å²) in [6.07, 6.45) is 4.46. The molecule has 1 atom stereocenters. The summed E-state index contributed by atoms with van der Waals surface area (Å²) < 4.78 is 0. The Kier molecular flexibility index (Phi) is 8.53. The van der Waals surface area contributed by atoms with Gasteiger partial charge in [0.2, 0.25) is 0 Å². The van der Waals surface area contributed by atoms with E-state index in [1.54, 1.807) is 0 Å². The highest BCUT2D eigenvalue weighted by molar-refractivity contribution is 4.60. The second-order valence-electron chi connectivity index (χ2n) is 3.64. The lowest BCUT2D eigenvalue weighted by atomic mass is 10.2. The van der Waals surface area contributed by atoms with E-state index in [-0.39, 0.29) is 0 Å². The molecule has 0 aromatic heterocycles. The Hall–Kier alpha value is -0.640. The Balaban J connectivity index is 3.61. The van der Waals surface area contributed by atoms with Gasteiger partial charge in [0.25, 0.3) is 0 Å². The first-order valence-corrected chi connectivity index (χ1v) is 5.50. The van der Waals surface area contributed by atoms with Gasteiger partial charge in [-0.05, 0) is 12.8 Å². The average molecular weight is 202 g/mol. The Bertz CT molecular complexity index is 142. The van der Waals surface area contributed by atoms with Gasteiger partial charge in [-0.2, -0.15) is 0 Å². The first kappa shape index (κ1) is 13.4. The van der Waals surface area contributed by atoms with Crippen molar-refractivity contribution in [2.45, 2.75) is 52.1 Å². The molecular formula is C10H22N2O2. The van der Waals surface area contributed by atoms with Crippen LogP contribution in [0.15, 0.2) is 5.29 Å². The van der Waals surface area contributed by atoms with Gasteiger partial charge in [-0.25, -0.2) is 0 Å². The summed E-state index contributed by atoms with van der Waals surface area (Å²) >= 11 is 0. The molecule has 0 spiro atoms. The van der Waals surface area contributed by atoms with E-state index in [2.05, 4.69) is 12.2 Å². The van der Waals surface area contributed by atoms with Crippen LogP contribution in [-0.4, -0.2) is 29.3 Å². The number of nitrogens with zero attached hydrogens (tertiary/aromatic N) is 2. The van der Waals surface area contributed by atoms with E-state index in [4.69, 9.17) is 0 Å². The van der Waals surface area contributed by atoms with Crippen molar-refractivity contribution < 1.29 is 5.11 Å². The van der Waals surface area contributed by atoms with Crippen molar-refractivity contribution >= 4 is 0 Å². The van der Waals surface area contributed by atoms with Gasteiger partial charge in [-0.3, -0.25) is 5.01 Å². The highest BCUT2D eigenvalue weighted by atomic mass is 16.3. The molecule has 0 aromatic rings. The van der Waals surface area contributed by atoms with E-state index in [0.29, 0.717) is 13.1 Å². The SMILES string of the molecule is CCCCCN(CC(O)CCC)N=O. The zero-order chi connectivity index (χ0) is 10.8. The smallest absolute Gasteiger partial charge is 0.0733 e. The minimum absolute atomic E-state index is 0.376. The number of hydrogen-bond donors (Lipinski definition) is 1. The minimum Gasteiger partial charge on any atom is -0.391 e. The summed E-state index contributed by atoms with van der Waals surface area (Å²) in [7, 11) is 0. The fourth-order valence-corrected chi connectivity index (χ4v) is 1.38. The number of nitroso groups, excluding NO2 is 1. The predicted molar refractivity (Wildman–Crippen MR) is 57.8 cm³/mol. The van der Waals surface area contributed by atoms with Crippen molar-refractivity contribution in [3.63, 3.8) is 0 Å². The van der Waals surface area contributed by atoms with Gasteiger partial charge < -0.3 is 5.11 Å². The molecule has 1 N–H and O–H groups in total. The van der Waals surface area contributed by atoms with E-state index in [1.807, 2.05) is 6.92 Å². The molecule has 4 nitrogen and oxygen atoms in total. The van der Waals surface area contributed by atoms with Crippen LogP contribution in [-0.2, 0) is 0 Å². The third-order valence-corrected chi connectivity index (χ3v) is 2.18. The van der Waals surface area contributed by atoms with E-state index in [9.17, 15) is 10.0 Å². The first-order chi connectivity index (χ1) is 6.74. The zero-order valence-electron chi connectivity index (χ0n) is 9.28. The number of unbranched alkanes of at least 4 members (excludes halogenated alkanes) is 2. The molecule has 0 rings (SSSR count). The Morgan fingerprint density at radius 3 is 2.50 bits per heavy atom. The first-order valence-electron chi connectivity index (χ1n) is 5.50. The quantitative estimate of drug-likeness (QED) is 0.354. The maximum atomic E-state index is 10.4. The molecule has 0 aliphatic heterocycles. The topological polar surface area (TPSA) is 52.9 Å². The van der Waals surface area contributed by atoms with Gasteiger partial charge >= 0.3 is 0 Å². The van der Waals surface area contributed by atoms with E-state index >= 15 is 0 Å². The molecule has 0 saturated heterocycles. The number of aliphatic hydroxyl groups excluding tert-OH is 1. The molecular weight excluding hydrogens is 180 g/mol. The molecule has 0 bridgehead atoms. The average Bonchev–Trinajstić information content (AvgIpc) is 2.17. The maximum absolute atomic E-state index is 10.4. The van der Waals surface area contributed by atoms with Crippen LogP contribution in [0.2, 0.25) is 0 Å². The molecule has 0 amide bonds. The summed E-state index contributed by atoms with van der Waals surface area (Å²) in [4.78, 5) is 10.4. The third kappa shape index (κ3) is 6.83. The fraction of sp³-hybridized carbons (Fsp3) is 1.00. The highest BCUT2D eigenvalue weighted by Crippen LogP contribution is 2.03. The van der Waals surface area contributed by atoms with Crippen LogP contribution < -0.4 is 0 Å². The highest BCUT2D eigenvalue weighted by Gasteiger charge is 2.09. The molecule has 84 valence electrons. The van der Waals surface area contributed by atoms with Gasteiger partial charge in [0.1, 0.15) is 0 Å². The van der Waals surface area contributed by atoms with Gasteiger partial charge in [0.15, 0.2) is 0 Å². The minimum atomic E-state index is -0.417. The summed E-state index contributed by atoms with van der Waals surface area (Å²) in [6, 6.07) is 0. The molecule has 0 aliphatic carbocycles. The van der Waals surface area contributed by atoms with E-state index in [0.717, 1.165) is 32.1 Å². The monoisotopic (exact) mass is 202 g/mol. The van der Waals surface area contributed by atoms with Crippen LogP contribution in [0.1, 0.15) is 46.0 Å². The summed E-state index contributed by atoms with van der Waals surface area (Å²) in [6.45, 7) is 5.17. The zero-order valence-corrected chi connectivity index (χ0v) is 9.28. The molecule has 1 unspecified atom stereocenters. The number of aliphatic hydroxyl groups is 1. The largest absolute Gasteiger partial charge is 0.391 e. The van der Waals surface area contributed by atoms with Crippen molar-refractivity contribution in [3.05, 3.63) is 4.91 Å². The molecule has 0 fully saturated rings. The predicted octanol–water partition coefficient (Wildman–Crippen LogP) is 2.32. The van der Waals surface area contributed by atoms with Crippen LogP contribution in [0, 0.1) is 4.91 Å². The van der Waals surface area contributed by atoms with Crippen LogP contribution in [0.4, 0.5) is 0 Å². The normalized spacial score (nSPS) is 12.5. The van der Waals surface area contributed by atoms with Crippen LogP contribution in [0.25, 0.3) is 0 Å². The number of rotatable bonds is 9.